The highest BCUT2D eigenvalue weighted by Crippen LogP contribution is 2.19. The Balaban J connectivity index is 1.71. The molecule has 0 aliphatic carbocycles. The van der Waals surface area contributed by atoms with Crippen LogP contribution >= 0.6 is 23.4 Å². The average molecular weight is 404 g/mol. The number of aromatic nitrogens is 4. The highest BCUT2D eigenvalue weighted by molar-refractivity contribution is 7.98. The fraction of sp³-hybridized carbons (Fsp3) is 0.368. The molecule has 0 saturated heterocycles. The van der Waals surface area contributed by atoms with E-state index in [0.29, 0.717) is 35.3 Å². The highest BCUT2D eigenvalue weighted by Gasteiger charge is 2.16. The van der Waals surface area contributed by atoms with Gasteiger partial charge in [0, 0.05) is 36.4 Å². The minimum atomic E-state index is 0.0808. The zero-order chi connectivity index (χ0) is 19.6. The van der Waals surface area contributed by atoms with Crippen molar-refractivity contribution in [3.8, 4) is 0 Å². The van der Waals surface area contributed by atoms with Crippen LogP contribution in [-0.4, -0.2) is 43.7 Å². The molecule has 1 amide bonds. The summed E-state index contributed by atoms with van der Waals surface area (Å²) in [6.07, 6.45) is 2.97. The fourth-order valence-electron chi connectivity index (χ4n) is 3.06. The molecule has 0 N–H and O–H groups in total. The van der Waals surface area contributed by atoms with Gasteiger partial charge in [-0.15, -0.1) is 5.10 Å². The van der Waals surface area contributed by atoms with Crippen molar-refractivity contribution in [3.05, 3.63) is 51.8 Å². The molecule has 0 saturated carbocycles. The maximum absolute atomic E-state index is 12.6. The lowest BCUT2D eigenvalue weighted by atomic mass is 10.1. The monoisotopic (exact) mass is 403 g/mol. The second kappa shape index (κ2) is 8.27. The molecule has 0 aliphatic rings. The van der Waals surface area contributed by atoms with Crippen LogP contribution in [0.5, 0.6) is 0 Å². The summed E-state index contributed by atoms with van der Waals surface area (Å²) < 4.78 is 1.76. The van der Waals surface area contributed by atoms with E-state index < -0.39 is 0 Å². The van der Waals surface area contributed by atoms with E-state index >= 15 is 0 Å². The van der Waals surface area contributed by atoms with Gasteiger partial charge in [-0.25, -0.2) is 9.50 Å². The molecule has 0 fully saturated rings. The van der Waals surface area contributed by atoms with Crippen LogP contribution in [0, 0.1) is 13.8 Å². The predicted octanol–water partition coefficient (Wildman–Crippen LogP) is 3.71. The largest absolute Gasteiger partial charge is 0.341 e. The first-order chi connectivity index (χ1) is 12.9. The molecule has 27 heavy (non-hydrogen) atoms. The maximum atomic E-state index is 12.6. The molecule has 3 aromatic rings. The molecule has 8 heteroatoms. The van der Waals surface area contributed by atoms with Gasteiger partial charge in [0.05, 0.1) is 0 Å². The van der Waals surface area contributed by atoms with Gasteiger partial charge in [0.2, 0.25) is 11.1 Å². The molecular weight excluding hydrogens is 382 g/mol. The summed E-state index contributed by atoms with van der Waals surface area (Å²) in [5, 5.41) is 5.83. The van der Waals surface area contributed by atoms with Gasteiger partial charge in [0.15, 0.2) is 0 Å². The molecule has 2 aromatic heterocycles. The number of aryl methyl sites for hydroxylation is 2. The fourth-order valence-corrected chi connectivity index (χ4v) is 3.61. The van der Waals surface area contributed by atoms with Crippen LogP contribution in [0.2, 0.25) is 5.02 Å². The van der Waals surface area contributed by atoms with Crippen LogP contribution in [0.15, 0.2) is 29.4 Å². The first-order valence-electron chi connectivity index (χ1n) is 8.64. The summed E-state index contributed by atoms with van der Waals surface area (Å²) in [6, 6.07) is 7.57. The molecule has 142 valence electrons. The summed E-state index contributed by atoms with van der Waals surface area (Å²) >= 11 is 7.50. The predicted molar refractivity (Wildman–Crippen MR) is 108 cm³/mol. The van der Waals surface area contributed by atoms with Crippen LogP contribution < -0.4 is 0 Å². The number of carbonyl (C=O) groups excluding carboxylic acids is 1. The van der Waals surface area contributed by atoms with Crippen molar-refractivity contribution < 1.29 is 4.79 Å². The molecular formula is C19H22ClN5OS. The van der Waals surface area contributed by atoms with Gasteiger partial charge in [-0.1, -0.05) is 35.5 Å². The standard InChI is InChI=1S/C19H22ClN5OS/c1-12-16(13(2)25-18(21-12)22-19(23-25)27-4)8-9-17(26)24(3)11-14-6-5-7-15(20)10-14/h5-7,10H,8-9,11H2,1-4H3. The van der Waals surface area contributed by atoms with Gasteiger partial charge in [-0.3, -0.25) is 4.79 Å². The SMILES string of the molecule is CSc1nc2nc(C)c(CCC(=O)N(C)Cc3cccc(Cl)c3)c(C)n2n1. The van der Waals surface area contributed by atoms with Gasteiger partial charge in [0.1, 0.15) is 0 Å². The summed E-state index contributed by atoms with van der Waals surface area (Å²) in [5.74, 6) is 0.680. The van der Waals surface area contributed by atoms with Gasteiger partial charge >= 0.3 is 0 Å². The molecule has 1 aromatic carbocycles. The van der Waals surface area contributed by atoms with Crippen molar-refractivity contribution >= 4 is 35.0 Å². The Hall–Kier alpha value is -2.12. The maximum Gasteiger partial charge on any atom is 0.253 e. The Bertz CT molecular complexity index is 988. The first-order valence-corrected chi connectivity index (χ1v) is 10.2. The molecule has 2 heterocycles. The lowest BCUT2D eigenvalue weighted by Crippen LogP contribution is -2.26. The van der Waals surface area contributed by atoms with Crippen LogP contribution in [0.1, 0.15) is 28.9 Å². The van der Waals surface area contributed by atoms with Crippen molar-refractivity contribution in [3.63, 3.8) is 0 Å². The molecule has 6 nitrogen and oxygen atoms in total. The number of fused-ring (bicyclic) bond motifs is 1. The Morgan fingerprint density at radius 1 is 1.30 bits per heavy atom. The zero-order valence-electron chi connectivity index (χ0n) is 15.9. The third-order valence-electron chi connectivity index (χ3n) is 4.54. The van der Waals surface area contributed by atoms with Crippen LogP contribution in [0.3, 0.4) is 0 Å². The van der Waals surface area contributed by atoms with E-state index in [-0.39, 0.29) is 5.91 Å². The third kappa shape index (κ3) is 4.42. The van der Waals surface area contributed by atoms with E-state index in [2.05, 4.69) is 15.1 Å². The molecule has 0 bridgehead atoms. The van der Waals surface area contributed by atoms with Gasteiger partial charge in [-0.2, -0.15) is 4.98 Å². The van der Waals surface area contributed by atoms with Crippen LogP contribution in [-0.2, 0) is 17.8 Å². The van der Waals surface area contributed by atoms with E-state index in [0.717, 1.165) is 22.5 Å². The summed E-state index contributed by atoms with van der Waals surface area (Å²) in [5.41, 5.74) is 3.94. The van der Waals surface area contributed by atoms with Crippen molar-refractivity contribution in [2.45, 2.75) is 38.4 Å². The van der Waals surface area contributed by atoms with Crippen molar-refractivity contribution in [1.29, 1.82) is 0 Å². The highest BCUT2D eigenvalue weighted by atomic mass is 35.5. The molecule has 0 unspecified atom stereocenters. The van der Waals surface area contributed by atoms with Crippen LogP contribution in [0.25, 0.3) is 5.78 Å². The molecule has 0 atom stereocenters. The number of rotatable bonds is 6. The Morgan fingerprint density at radius 3 is 2.78 bits per heavy atom. The van der Waals surface area contributed by atoms with Gasteiger partial charge in [0.25, 0.3) is 5.78 Å². The minimum Gasteiger partial charge on any atom is -0.341 e. The quantitative estimate of drug-likeness (QED) is 0.587. The number of thioether (sulfide) groups is 1. The van der Waals surface area contributed by atoms with E-state index in [1.165, 1.54) is 11.8 Å². The number of nitrogens with zero attached hydrogens (tertiary/aromatic N) is 5. The van der Waals surface area contributed by atoms with E-state index in [4.69, 9.17) is 11.6 Å². The molecule has 0 radical (unpaired) electrons. The van der Waals surface area contributed by atoms with Gasteiger partial charge < -0.3 is 4.90 Å². The Morgan fingerprint density at radius 2 is 2.07 bits per heavy atom. The molecule has 0 spiro atoms. The van der Waals surface area contributed by atoms with Crippen LogP contribution in [0.4, 0.5) is 0 Å². The third-order valence-corrected chi connectivity index (χ3v) is 5.31. The second-order valence-corrected chi connectivity index (χ2v) is 7.66. The summed E-state index contributed by atoms with van der Waals surface area (Å²) in [6.45, 7) is 4.49. The average Bonchev–Trinajstić information content (AvgIpc) is 3.04. The summed E-state index contributed by atoms with van der Waals surface area (Å²) in [7, 11) is 1.81. The Kier molecular flexibility index (Phi) is 6.01. The second-order valence-electron chi connectivity index (χ2n) is 6.45. The number of amides is 1. The molecule has 3 rings (SSSR count). The number of hydrogen-bond donors (Lipinski definition) is 0. The Labute approximate surface area is 168 Å². The smallest absolute Gasteiger partial charge is 0.253 e. The zero-order valence-corrected chi connectivity index (χ0v) is 17.4. The number of halogens is 1. The number of carbonyl (C=O) groups is 1. The van der Waals surface area contributed by atoms with Crippen molar-refractivity contribution in [2.24, 2.45) is 0 Å². The lowest BCUT2D eigenvalue weighted by molar-refractivity contribution is -0.130. The topological polar surface area (TPSA) is 63.4 Å². The van der Waals surface area contributed by atoms with E-state index in [1.807, 2.05) is 51.4 Å². The minimum absolute atomic E-state index is 0.0808. The lowest BCUT2D eigenvalue weighted by Gasteiger charge is -2.18. The van der Waals surface area contributed by atoms with Gasteiger partial charge in [-0.05, 0) is 49.8 Å². The molecule has 0 aliphatic heterocycles. The van der Waals surface area contributed by atoms with Crippen molar-refractivity contribution in [2.75, 3.05) is 13.3 Å². The van der Waals surface area contributed by atoms with Crippen molar-refractivity contribution in [1.82, 2.24) is 24.5 Å². The summed E-state index contributed by atoms with van der Waals surface area (Å²) in [4.78, 5) is 23.2. The number of benzene rings is 1. The van der Waals surface area contributed by atoms with E-state index in [9.17, 15) is 4.79 Å². The first kappa shape index (κ1) is 19.6. The normalized spacial score (nSPS) is 11.1. The number of hydrogen-bond acceptors (Lipinski definition) is 5. The van der Waals surface area contributed by atoms with E-state index in [1.54, 1.807) is 9.42 Å².